The van der Waals surface area contributed by atoms with E-state index in [0.29, 0.717) is 29.0 Å². The third-order valence-electron chi connectivity index (χ3n) is 10.0. The first kappa shape index (κ1) is 18.0. The van der Waals surface area contributed by atoms with Gasteiger partial charge in [0.2, 0.25) is 0 Å². The van der Waals surface area contributed by atoms with Crippen molar-refractivity contribution in [1.29, 1.82) is 0 Å². The molecule has 25 heavy (non-hydrogen) atoms. The number of hydrogen-bond donors (Lipinski definition) is 1. The molecule has 0 bridgehead atoms. The van der Waals surface area contributed by atoms with Crippen molar-refractivity contribution in [2.75, 3.05) is 0 Å². The standard InChI is InChI=1S/C23H38O2/c1-5-15(2)23(25)13-12-21(3)16(14-23)6-7-17-18-8-9-20(24)22(18,4)11-10-19(17)21/h15-19,25H,5-14H2,1-4H3/t15?,16-,17-,18-,19-,21-,22-,23+/m0/s1. The van der Waals surface area contributed by atoms with Crippen LogP contribution in [0.2, 0.25) is 0 Å². The van der Waals surface area contributed by atoms with E-state index in [1.807, 2.05) is 0 Å². The van der Waals surface area contributed by atoms with Crippen LogP contribution in [-0.4, -0.2) is 16.5 Å². The second kappa shape index (κ2) is 5.81. The lowest BCUT2D eigenvalue weighted by atomic mass is 9.44. The lowest BCUT2D eigenvalue weighted by Gasteiger charge is -2.62. The number of aliphatic hydroxyl groups is 1. The van der Waals surface area contributed by atoms with Crippen molar-refractivity contribution in [3.8, 4) is 0 Å². The predicted octanol–water partition coefficient (Wildman–Crippen LogP) is 5.38. The van der Waals surface area contributed by atoms with Gasteiger partial charge in [0.15, 0.2) is 0 Å². The third-order valence-corrected chi connectivity index (χ3v) is 10.0. The number of hydrogen-bond acceptors (Lipinski definition) is 2. The van der Waals surface area contributed by atoms with Gasteiger partial charge in [-0.1, -0.05) is 34.1 Å². The largest absolute Gasteiger partial charge is 0.390 e. The first-order valence-corrected chi connectivity index (χ1v) is 11.0. The van der Waals surface area contributed by atoms with Crippen LogP contribution in [0.3, 0.4) is 0 Å². The molecule has 4 aliphatic rings. The second-order valence-corrected chi connectivity index (χ2v) is 10.7. The maximum Gasteiger partial charge on any atom is 0.139 e. The summed E-state index contributed by atoms with van der Waals surface area (Å²) in [6.07, 6.45) is 11.2. The van der Waals surface area contributed by atoms with Gasteiger partial charge in [0.25, 0.3) is 0 Å². The molecule has 4 saturated carbocycles. The molecule has 1 unspecified atom stereocenters. The van der Waals surface area contributed by atoms with E-state index in [4.69, 9.17) is 0 Å². The minimum absolute atomic E-state index is 0.00348. The van der Waals surface area contributed by atoms with Crippen molar-refractivity contribution in [1.82, 2.24) is 0 Å². The summed E-state index contributed by atoms with van der Waals surface area (Å²) in [5, 5.41) is 11.3. The summed E-state index contributed by atoms with van der Waals surface area (Å²) in [7, 11) is 0. The van der Waals surface area contributed by atoms with E-state index in [1.165, 1.54) is 25.7 Å². The summed E-state index contributed by atoms with van der Waals surface area (Å²) in [6.45, 7) is 9.28. The van der Waals surface area contributed by atoms with E-state index in [-0.39, 0.29) is 5.41 Å². The van der Waals surface area contributed by atoms with Gasteiger partial charge in [0, 0.05) is 11.8 Å². The molecule has 0 aromatic rings. The van der Waals surface area contributed by atoms with Crippen molar-refractivity contribution in [2.45, 2.75) is 97.5 Å². The normalized spacial score (nSPS) is 53.7. The molecule has 0 aromatic carbocycles. The Kier molecular flexibility index (Phi) is 4.19. The Morgan fingerprint density at radius 2 is 1.84 bits per heavy atom. The highest BCUT2D eigenvalue weighted by Gasteiger charge is 2.61. The van der Waals surface area contributed by atoms with Crippen molar-refractivity contribution < 1.29 is 9.90 Å². The van der Waals surface area contributed by atoms with Gasteiger partial charge in [0.1, 0.15) is 5.78 Å². The van der Waals surface area contributed by atoms with Crippen molar-refractivity contribution in [2.24, 2.45) is 40.4 Å². The highest BCUT2D eigenvalue weighted by Crippen LogP contribution is 2.66. The molecule has 1 N–H and O–H groups in total. The molecule has 4 fully saturated rings. The van der Waals surface area contributed by atoms with Gasteiger partial charge in [-0.05, 0) is 86.4 Å². The van der Waals surface area contributed by atoms with Crippen molar-refractivity contribution >= 4 is 5.78 Å². The summed E-state index contributed by atoms with van der Waals surface area (Å²) >= 11 is 0. The predicted molar refractivity (Wildman–Crippen MR) is 101 cm³/mol. The van der Waals surface area contributed by atoms with Crippen LogP contribution in [0.25, 0.3) is 0 Å². The van der Waals surface area contributed by atoms with Crippen LogP contribution in [0.1, 0.15) is 91.9 Å². The molecule has 2 heteroatoms. The number of carbonyl (C=O) groups excluding carboxylic acids is 1. The van der Waals surface area contributed by atoms with Crippen LogP contribution in [0, 0.1) is 40.4 Å². The molecule has 142 valence electrons. The first-order chi connectivity index (χ1) is 11.7. The number of ketones is 1. The van der Waals surface area contributed by atoms with E-state index < -0.39 is 5.60 Å². The number of Topliss-reactive ketones (excluding diaryl/α,β-unsaturated/α-hetero) is 1. The van der Waals surface area contributed by atoms with Crippen molar-refractivity contribution in [3.63, 3.8) is 0 Å². The Labute approximate surface area is 154 Å². The lowest BCUT2D eigenvalue weighted by molar-refractivity contribution is -0.163. The van der Waals surface area contributed by atoms with Crippen LogP contribution in [-0.2, 0) is 4.79 Å². The zero-order valence-corrected chi connectivity index (χ0v) is 16.8. The molecule has 0 aliphatic heterocycles. The molecule has 8 atom stereocenters. The van der Waals surface area contributed by atoms with Crippen molar-refractivity contribution in [3.05, 3.63) is 0 Å². The van der Waals surface area contributed by atoms with E-state index in [2.05, 4.69) is 27.7 Å². The molecule has 0 saturated heterocycles. The van der Waals surface area contributed by atoms with E-state index in [1.54, 1.807) is 0 Å². The van der Waals surface area contributed by atoms with Gasteiger partial charge in [-0.3, -0.25) is 4.79 Å². The third kappa shape index (κ3) is 2.42. The molecule has 0 aromatic heterocycles. The Hall–Kier alpha value is -0.370. The Balaban J connectivity index is 1.58. The average Bonchev–Trinajstić information content (AvgIpc) is 2.90. The molecule has 4 aliphatic carbocycles. The van der Waals surface area contributed by atoms with E-state index in [0.717, 1.165) is 50.4 Å². The molecule has 0 heterocycles. The summed E-state index contributed by atoms with van der Waals surface area (Å²) in [6, 6.07) is 0. The quantitative estimate of drug-likeness (QED) is 0.729. The molecule has 0 amide bonds. The minimum atomic E-state index is -0.432. The summed E-state index contributed by atoms with van der Waals surface area (Å²) < 4.78 is 0. The van der Waals surface area contributed by atoms with Gasteiger partial charge >= 0.3 is 0 Å². The molecular formula is C23H38O2. The Bertz CT molecular complexity index is 556. The Morgan fingerprint density at radius 1 is 1.08 bits per heavy atom. The zero-order chi connectivity index (χ0) is 18.0. The maximum absolute atomic E-state index is 12.5. The fraction of sp³-hybridized carbons (Fsp3) is 0.957. The zero-order valence-electron chi connectivity index (χ0n) is 16.8. The van der Waals surface area contributed by atoms with E-state index >= 15 is 0 Å². The number of carbonyl (C=O) groups is 1. The van der Waals surface area contributed by atoms with Crippen LogP contribution in [0.5, 0.6) is 0 Å². The number of rotatable bonds is 2. The average molecular weight is 347 g/mol. The van der Waals surface area contributed by atoms with Gasteiger partial charge in [-0.25, -0.2) is 0 Å². The highest BCUT2D eigenvalue weighted by atomic mass is 16.3. The molecule has 2 nitrogen and oxygen atoms in total. The first-order valence-electron chi connectivity index (χ1n) is 11.0. The summed E-state index contributed by atoms with van der Waals surface area (Å²) in [5.74, 6) is 3.85. The second-order valence-electron chi connectivity index (χ2n) is 10.7. The van der Waals surface area contributed by atoms with Gasteiger partial charge in [-0.2, -0.15) is 0 Å². The molecule has 0 spiro atoms. The minimum Gasteiger partial charge on any atom is -0.390 e. The summed E-state index contributed by atoms with van der Waals surface area (Å²) in [4.78, 5) is 12.5. The fourth-order valence-electron chi connectivity index (χ4n) is 7.87. The molecular weight excluding hydrogens is 308 g/mol. The monoisotopic (exact) mass is 346 g/mol. The maximum atomic E-state index is 12.5. The fourth-order valence-corrected chi connectivity index (χ4v) is 7.87. The van der Waals surface area contributed by atoms with Crippen LogP contribution >= 0.6 is 0 Å². The number of fused-ring (bicyclic) bond motifs is 5. The van der Waals surface area contributed by atoms with Gasteiger partial charge in [-0.15, -0.1) is 0 Å². The topological polar surface area (TPSA) is 37.3 Å². The van der Waals surface area contributed by atoms with E-state index in [9.17, 15) is 9.90 Å². The van der Waals surface area contributed by atoms with Crippen LogP contribution < -0.4 is 0 Å². The SMILES string of the molecule is CCC(C)[C@@]1(O)CC[C@@]2(C)[C@@H](CC[C@@H]3[C@@H]2CC[C@]2(C)C(=O)CC[C@@H]32)C1. The highest BCUT2D eigenvalue weighted by molar-refractivity contribution is 5.87. The summed E-state index contributed by atoms with van der Waals surface area (Å²) in [5.41, 5.74) is -0.0374. The smallest absolute Gasteiger partial charge is 0.139 e. The molecule has 4 rings (SSSR count). The van der Waals surface area contributed by atoms with Crippen LogP contribution in [0.4, 0.5) is 0 Å². The Morgan fingerprint density at radius 3 is 2.56 bits per heavy atom. The van der Waals surface area contributed by atoms with Gasteiger partial charge in [0.05, 0.1) is 5.60 Å². The van der Waals surface area contributed by atoms with Crippen LogP contribution in [0.15, 0.2) is 0 Å². The van der Waals surface area contributed by atoms with Gasteiger partial charge < -0.3 is 5.11 Å². The lowest BCUT2D eigenvalue weighted by Crippen LogP contribution is -2.57. The molecule has 0 radical (unpaired) electrons.